The van der Waals surface area contributed by atoms with E-state index in [1.54, 1.807) is 16.4 Å². The summed E-state index contributed by atoms with van der Waals surface area (Å²) >= 11 is 5.51. The minimum atomic E-state index is -3.46. The minimum absolute atomic E-state index is 0.405. The normalized spacial score (nSPS) is 16.4. The van der Waals surface area contributed by atoms with Crippen molar-refractivity contribution in [2.75, 3.05) is 26.2 Å². The zero-order valence-corrected chi connectivity index (χ0v) is 18.3. The van der Waals surface area contributed by atoms with Crippen LogP contribution >= 0.6 is 12.2 Å². The average Bonchev–Trinajstić information content (AvgIpc) is 2.90. The number of piperazine rings is 1. The van der Waals surface area contributed by atoms with Crippen LogP contribution in [0.2, 0.25) is 0 Å². The van der Waals surface area contributed by atoms with E-state index in [0.717, 1.165) is 30.0 Å². The molecule has 1 aromatic carbocycles. The molecule has 0 unspecified atom stereocenters. The van der Waals surface area contributed by atoms with E-state index in [0.29, 0.717) is 36.0 Å². The summed E-state index contributed by atoms with van der Waals surface area (Å²) in [6.45, 7) is 13.2. The highest BCUT2D eigenvalue weighted by molar-refractivity contribution is 7.89. The zero-order valence-electron chi connectivity index (χ0n) is 16.7. The van der Waals surface area contributed by atoms with Gasteiger partial charge >= 0.3 is 0 Å². The third-order valence-corrected chi connectivity index (χ3v) is 7.66. The van der Waals surface area contributed by atoms with Gasteiger partial charge in [-0.1, -0.05) is 23.8 Å². The van der Waals surface area contributed by atoms with E-state index in [-0.39, 0.29) is 0 Å². The fourth-order valence-corrected chi connectivity index (χ4v) is 5.59. The van der Waals surface area contributed by atoms with Gasteiger partial charge < -0.3 is 9.47 Å². The van der Waals surface area contributed by atoms with Gasteiger partial charge in [-0.2, -0.15) is 14.1 Å². The molecule has 9 heteroatoms. The standard InChI is InChI=1S/C19H27N5O2S2/c1-5-8-23-17(4)20-24(19(23)27)14-21-9-11-22(12-10-21)28(25,26)18-7-6-15(2)13-16(18)3/h5-7,13H,1,8-12,14H2,2-4H3/p+1. The quantitative estimate of drug-likeness (QED) is 0.559. The van der Waals surface area contributed by atoms with Crippen molar-refractivity contribution in [1.29, 1.82) is 0 Å². The Morgan fingerprint density at radius 3 is 2.54 bits per heavy atom. The van der Waals surface area contributed by atoms with Crippen LogP contribution in [0.1, 0.15) is 17.0 Å². The van der Waals surface area contributed by atoms with Crippen LogP contribution in [0.5, 0.6) is 0 Å². The van der Waals surface area contributed by atoms with Gasteiger partial charge in [0.1, 0.15) is 5.82 Å². The van der Waals surface area contributed by atoms with E-state index in [9.17, 15) is 8.42 Å². The molecule has 1 aromatic heterocycles. The number of aromatic nitrogens is 3. The van der Waals surface area contributed by atoms with Gasteiger partial charge in [-0.05, 0) is 44.6 Å². The van der Waals surface area contributed by atoms with Gasteiger partial charge in [-0.25, -0.2) is 8.42 Å². The van der Waals surface area contributed by atoms with Gasteiger partial charge in [0.05, 0.1) is 31.1 Å². The Morgan fingerprint density at radius 2 is 1.93 bits per heavy atom. The molecule has 1 aliphatic rings. The highest BCUT2D eigenvalue weighted by Gasteiger charge is 2.31. The first kappa shape index (κ1) is 20.9. The molecule has 0 atom stereocenters. The number of sulfonamides is 1. The van der Waals surface area contributed by atoms with E-state index in [4.69, 9.17) is 12.2 Å². The maximum atomic E-state index is 13.0. The third-order valence-electron chi connectivity index (χ3n) is 5.17. The van der Waals surface area contributed by atoms with Gasteiger partial charge in [-0.3, -0.25) is 0 Å². The van der Waals surface area contributed by atoms with Crippen molar-refractivity contribution in [3.63, 3.8) is 0 Å². The number of rotatable bonds is 6. The Balaban J connectivity index is 1.68. The van der Waals surface area contributed by atoms with Gasteiger partial charge in [0.2, 0.25) is 14.8 Å². The van der Waals surface area contributed by atoms with Crippen LogP contribution in [-0.2, 0) is 23.2 Å². The molecule has 0 bridgehead atoms. The van der Waals surface area contributed by atoms with Gasteiger partial charge in [0, 0.05) is 6.54 Å². The Labute approximate surface area is 171 Å². The summed E-state index contributed by atoms with van der Waals surface area (Å²) in [5.41, 5.74) is 1.86. The lowest BCUT2D eigenvalue weighted by Gasteiger charge is -2.31. The molecular formula is C19H28N5O2S2+. The molecule has 7 nitrogen and oxygen atoms in total. The molecule has 152 valence electrons. The lowest BCUT2D eigenvalue weighted by molar-refractivity contribution is -0.926. The second-order valence-corrected chi connectivity index (χ2v) is 9.58. The van der Waals surface area contributed by atoms with E-state index in [2.05, 4.69) is 11.7 Å². The van der Waals surface area contributed by atoms with E-state index >= 15 is 0 Å². The summed E-state index contributed by atoms with van der Waals surface area (Å²) in [4.78, 5) is 1.67. The lowest BCUT2D eigenvalue weighted by atomic mass is 10.2. The average molecular weight is 423 g/mol. The number of allylic oxidation sites excluding steroid dienone is 1. The molecule has 3 rings (SSSR count). The van der Waals surface area contributed by atoms with Crippen molar-refractivity contribution in [1.82, 2.24) is 18.7 Å². The second kappa shape index (κ2) is 8.28. The third kappa shape index (κ3) is 4.12. The molecule has 0 radical (unpaired) electrons. The summed E-state index contributed by atoms with van der Waals surface area (Å²) < 4.78 is 32.1. The zero-order chi connectivity index (χ0) is 20.5. The smallest absolute Gasteiger partial charge is 0.243 e. The molecule has 1 fully saturated rings. The number of quaternary nitrogens is 1. The summed E-state index contributed by atoms with van der Waals surface area (Å²) in [5, 5.41) is 4.53. The minimum Gasteiger partial charge on any atom is -0.314 e. The molecule has 28 heavy (non-hydrogen) atoms. The number of nitrogens with zero attached hydrogens (tertiary/aromatic N) is 4. The first-order valence-electron chi connectivity index (χ1n) is 9.40. The topological polar surface area (TPSA) is 64.6 Å². The number of benzene rings is 1. The van der Waals surface area contributed by atoms with Crippen molar-refractivity contribution in [3.8, 4) is 0 Å². The second-order valence-electron chi connectivity index (χ2n) is 7.31. The van der Waals surface area contributed by atoms with Crippen LogP contribution in [-0.4, -0.2) is 53.2 Å². The van der Waals surface area contributed by atoms with E-state index in [1.165, 1.54) is 4.90 Å². The molecule has 1 N–H and O–H groups in total. The van der Waals surface area contributed by atoms with Crippen molar-refractivity contribution in [2.45, 2.75) is 38.9 Å². The fourth-order valence-electron chi connectivity index (χ4n) is 3.63. The number of aryl methyl sites for hydroxylation is 3. The predicted octanol–water partition coefficient (Wildman–Crippen LogP) is 1.07. The Hall–Kier alpha value is -1.81. The monoisotopic (exact) mass is 422 g/mol. The van der Waals surface area contributed by atoms with Gasteiger partial charge in [0.15, 0.2) is 6.67 Å². The van der Waals surface area contributed by atoms with Crippen LogP contribution in [0.3, 0.4) is 0 Å². The first-order chi connectivity index (χ1) is 13.2. The van der Waals surface area contributed by atoms with E-state index in [1.807, 2.05) is 42.2 Å². The molecule has 0 aliphatic carbocycles. The van der Waals surface area contributed by atoms with Gasteiger partial charge in [0.25, 0.3) is 0 Å². The summed E-state index contributed by atoms with van der Waals surface area (Å²) in [6.07, 6.45) is 1.80. The number of hydrogen-bond donors (Lipinski definition) is 1. The molecule has 2 heterocycles. The molecule has 0 saturated carbocycles. The first-order valence-corrected chi connectivity index (χ1v) is 11.2. The molecule has 0 spiro atoms. The Kier molecular flexibility index (Phi) is 6.18. The van der Waals surface area contributed by atoms with Crippen LogP contribution < -0.4 is 4.90 Å². The summed E-state index contributed by atoms with van der Waals surface area (Å²) in [5.74, 6) is 0.861. The molecular weight excluding hydrogens is 394 g/mol. The molecule has 1 saturated heterocycles. The fraction of sp³-hybridized carbons (Fsp3) is 0.474. The largest absolute Gasteiger partial charge is 0.314 e. The predicted molar refractivity (Wildman–Crippen MR) is 111 cm³/mol. The van der Waals surface area contributed by atoms with Crippen molar-refractivity contribution < 1.29 is 13.3 Å². The maximum absolute atomic E-state index is 13.0. The van der Waals surface area contributed by atoms with Crippen LogP contribution in [0.15, 0.2) is 35.7 Å². The van der Waals surface area contributed by atoms with E-state index < -0.39 is 10.0 Å². The van der Waals surface area contributed by atoms with Crippen LogP contribution in [0.25, 0.3) is 0 Å². The SMILES string of the molecule is C=CCn1c(C)nn(C[NH+]2CCN(S(=O)(=O)c3ccc(C)cc3C)CC2)c1=S. The molecule has 1 aliphatic heterocycles. The molecule has 0 amide bonds. The molecule has 2 aromatic rings. The summed E-state index contributed by atoms with van der Waals surface area (Å²) in [6, 6.07) is 5.48. The highest BCUT2D eigenvalue weighted by Crippen LogP contribution is 2.20. The van der Waals surface area contributed by atoms with Crippen LogP contribution in [0.4, 0.5) is 0 Å². The van der Waals surface area contributed by atoms with Crippen molar-refractivity contribution >= 4 is 22.2 Å². The Bertz CT molecular complexity index is 1030. The maximum Gasteiger partial charge on any atom is 0.243 e. The number of nitrogens with one attached hydrogen (secondary N) is 1. The summed E-state index contributed by atoms with van der Waals surface area (Å²) in [7, 11) is -3.46. The lowest BCUT2D eigenvalue weighted by Crippen LogP contribution is -3.14. The Morgan fingerprint density at radius 1 is 1.25 bits per heavy atom. The van der Waals surface area contributed by atoms with Crippen molar-refractivity contribution in [2.24, 2.45) is 0 Å². The number of hydrogen-bond acceptors (Lipinski definition) is 4. The van der Waals surface area contributed by atoms with Crippen LogP contribution in [0, 0.1) is 25.5 Å². The van der Waals surface area contributed by atoms with Crippen molar-refractivity contribution in [3.05, 3.63) is 52.6 Å². The van der Waals surface area contributed by atoms with Gasteiger partial charge in [-0.15, -0.1) is 6.58 Å². The highest BCUT2D eigenvalue weighted by atomic mass is 32.2.